The number of imidazole rings is 4. The van der Waals surface area contributed by atoms with Crippen LogP contribution in [0.4, 0.5) is 17.6 Å². The van der Waals surface area contributed by atoms with E-state index in [2.05, 4.69) is 210 Å². The number of methoxy groups -OCH3 is 2. The van der Waals surface area contributed by atoms with Crippen molar-refractivity contribution in [2.75, 3.05) is 14.2 Å². The highest BCUT2D eigenvalue weighted by Gasteiger charge is 2.39. The molecule has 0 saturated heterocycles. The molecule has 0 unspecified atom stereocenters. The molecule has 15 aromatic rings. The van der Waals surface area contributed by atoms with E-state index >= 15 is 0 Å². The van der Waals surface area contributed by atoms with Gasteiger partial charge in [0.05, 0.1) is 37.5 Å². The molecule has 0 radical (unpaired) electrons. The van der Waals surface area contributed by atoms with Crippen LogP contribution in [0.15, 0.2) is 249 Å². The third kappa shape index (κ3) is 10.3. The van der Waals surface area contributed by atoms with Crippen molar-refractivity contribution < 1.29 is 45.3 Å². The van der Waals surface area contributed by atoms with Crippen LogP contribution in [-0.4, -0.2) is 32.5 Å². The largest absolute Gasteiger partial charge is 0.497 e. The first-order valence-electron chi connectivity index (χ1n) is 32.1. The second kappa shape index (κ2) is 24.3. The zero-order valence-corrected chi connectivity index (χ0v) is 52.7. The van der Waals surface area contributed by atoms with E-state index in [0.29, 0.717) is 23.5 Å². The normalized spacial score (nSPS) is 12.4. The first-order chi connectivity index (χ1) is 46.6. The van der Waals surface area contributed by atoms with Gasteiger partial charge in [-0.05, 0) is 127 Å². The van der Waals surface area contributed by atoms with Gasteiger partial charge in [0.1, 0.15) is 86.1 Å². The van der Waals surface area contributed by atoms with Crippen molar-refractivity contribution in [1.29, 1.82) is 0 Å². The number of hydrogen-bond acceptors (Lipinski definition) is 2. The Morgan fingerprint density at radius 3 is 1.29 bits per heavy atom. The molecule has 0 saturated carbocycles. The van der Waals surface area contributed by atoms with Crippen molar-refractivity contribution in [2.24, 2.45) is 0 Å². The van der Waals surface area contributed by atoms with Crippen molar-refractivity contribution in [3.8, 4) is 57.1 Å². The minimum absolute atomic E-state index is 0.102. The Hall–Kier alpha value is -11.4. The Kier molecular flexibility index (Phi) is 15.0. The van der Waals surface area contributed by atoms with Gasteiger partial charge in [0.25, 0.3) is 23.3 Å². The summed E-state index contributed by atoms with van der Waals surface area (Å²) in [5, 5.41) is 0. The molecule has 95 heavy (non-hydrogen) atoms. The van der Waals surface area contributed by atoms with Crippen LogP contribution in [0.3, 0.4) is 0 Å². The number of aryl methyl sites for hydroxylation is 1. The van der Waals surface area contributed by atoms with E-state index in [0.717, 1.165) is 73.9 Å². The Morgan fingerprint density at radius 2 is 0.758 bits per heavy atom. The van der Waals surface area contributed by atoms with Gasteiger partial charge in [-0.2, -0.15) is 0 Å². The number of ether oxygens (including phenoxy) is 2. The molecular formula is C81H66F4N8O2+4. The maximum absolute atomic E-state index is 14.6. The molecule has 0 amide bonds. The first-order valence-corrected chi connectivity index (χ1v) is 32.1. The van der Waals surface area contributed by atoms with Crippen LogP contribution in [0.25, 0.3) is 89.7 Å². The lowest BCUT2D eigenvalue weighted by Crippen LogP contribution is -2.31. The average Bonchev–Trinajstić information content (AvgIpc) is 1.61. The molecule has 4 aromatic heterocycles. The molecule has 0 N–H and O–H groups in total. The van der Waals surface area contributed by atoms with Gasteiger partial charge in [-0.3, -0.25) is 0 Å². The van der Waals surface area contributed by atoms with Crippen LogP contribution >= 0.6 is 0 Å². The number of halogens is 4. The predicted octanol–water partition coefficient (Wildman–Crippen LogP) is 15.6. The molecule has 0 spiro atoms. The lowest BCUT2D eigenvalue weighted by Gasteiger charge is -2.05. The van der Waals surface area contributed by atoms with Crippen molar-refractivity contribution in [3.05, 3.63) is 311 Å². The monoisotopic (exact) mass is 1260 g/mol. The number of fused-ring (bicyclic) bond motifs is 20. The fourth-order valence-electron chi connectivity index (χ4n) is 14.7. The smallest absolute Gasteiger partial charge is 0.293 e. The lowest BCUT2D eigenvalue weighted by molar-refractivity contribution is -0.646. The minimum Gasteiger partial charge on any atom is -0.497 e. The Morgan fingerprint density at radius 1 is 0.337 bits per heavy atom. The number of nitrogens with zero attached hydrogens (tertiary/aromatic N) is 8. The van der Waals surface area contributed by atoms with E-state index in [1.165, 1.54) is 113 Å². The third-order valence-corrected chi connectivity index (χ3v) is 19.0. The fourth-order valence-corrected chi connectivity index (χ4v) is 14.7. The maximum Gasteiger partial charge on any atom is 0.293 e. The molecule has 10 nitrogen and oxygen atoms in total. The maximum atomic E-state index is 14.6. The summed E-state index contributed by atoms with van der Waals surface area (Å²) in [6, 6.07) is 81.9. The van der Waals surface area contributed by atoms with Crippen LogP contribution < -0.4 is 27.7 Å². The van der Waals surface area contributed by atoms with Gasteiger partial charge in [-0.1, -0.05) is 127 Å². The van der Waals surface area contributed by atoms with E-state index < -0.39 is 23.3 Å². The van der Waals surface area contributed by atoms with E-state index in [1.807, 2.05) is 47.0 Å². The first kappa shape index (κ1) is 58.7. The highest BCUT2D eigenvalue weighted by Crippen LogP contribution is 2.38. The topological polar surface area (TPSA) is 53.7 Å². The van der Waals surface area contributed by atoms with Gasteiger partial charge in [-0.25, -0.2) is 54.1 Å². The van der Waals surface area contributed by atoms with Gasteiger partial charge in [-0.15, -0.1) is 0 Å². The molecule has 0 aliphatic carbocycles. The molecule has 0 bridgehead atoms. The van der Waals surface area contributed by atoms with Crippen LogP contribution in [0.2, 0.25) is 0 Å². The highest BCUT2D eigenvalue weighted by atomic mass is 19.1. The summed E-state index contributed by atoms with van der Waals surface area (Å²) < 4.78 is 84.7. The van der Waals surface area contributed by atoms with E-state index in [-0.39, 0.29) is 12.1 Å². The summed E-state index contributed by atoms with van der Waals surface area (Å²) >= 11 is 0. The Bertz CT molecular complexity index is 5490. The Balaban J connectivity index is 0.000000101. The van der Waals surface area contributed by atoms with Gasteiger partial charge in [0.15, 0.2) is 44.1 Å². The van der Waals surface area contributed by atoms with Crippen LogP contribution in [0.5, 0.6) is 11.5 Å². The molecule has 0 atom stereocenters. The SMILES string of the molecule is CCn1c2[n+](c3ccccc31)Cc1ccccc1-2.COc1ccc(Cn2c3[n+](c4ccccc42)Cc2cc(OC)ccc2-3)cc1.Fc1ccc(Cn2c3[n+](c4ccccc42)Cc2cc(F)cc(F)c2-3)c(F)c1.c1ccc(Cn2c3[n+](c4ccccc42)Cc2ccccc2-3)cc1. The second-order valence-corrected chi connectivity index (χ2v) is 24.4. The Labute approximate surface area is 546 Å². The summed E-state index contributed by atoms with van der Waals surface area (Å²) in [5.41, 5.74) is 21.4. The fraction of sp³-hybridized carbons (Fsp3) is 0.136. The highest BCUT2D eigenvalue weighted by molar-refractivity contribution is 5.82. The number of para-hydroxylation sites is 8. The van der Waals surface area contributed by atoms with Gasteiger partial charge in [0.2, 0.25) is 0 Å². The van der Waals surface area contributed by atoms with Gasteiger partial charge in [0, 0.05) is 39.9 Å². The second-order valence-electron chi connectivity index (χ2n) is 24.4. The molecule has 4 aliphatic rings. The van der Waals surface area contributed by atoms with Gasteiger partial charge < -0.3 is 9.47 Å². The summed E-state index contributed by atoms with van der Waals surface area (Å²) in [7, 11) is 3.42. The zero-order valence-electron chi connectivity index (χ0n) is 52.7. The van der Waals surface area contributed by atoms with E-state index in [1.54, 1.807) is 18.8 Å². The van der Waals surface area contributed by atoms with Crippen molar-refractivity contribution in [1.82, 2.24) is 18.3 Å². The van der Waals surface area contributed by atoms with Crippen molar-refractivity contribution >= 4 is 44.1 Å². The quantitative estimate of drug-likeness (QED) is 0.107. The molecule has 19 rings (SSSR count). The summed E-state index contributed by atoms with van der Waals surface area (Å²) in [6.45, 7) is 8.22. The number of rotatable bonds is 9. The summed E-state index contributed by atoms with van der Waals surface area (Å²) in [4.78, 5) is 0. The number of hydrogen-bond donors (Lipinski definition) is 0. The summed E-state index contributed by atoms with van der Waals surface area (Å²) in [6.07, 6.45) is 0. The van der Waals surface area contributed by atoms with Crippen LogP contribution in [-0.2, 0) is 52.4 Å². The summed E-state index contributed by atoms with van der Waals surface area (Å²) in [5.74, 6) is 3.68. The molecule has 4 aliphatic heterocycles. The van der Waals surface area contributed by atoms with E-state index in [9.17, 15) is 17.6 Å². The molecule has 0 fully saturated rings. The molecule has 11 aromatic carbocycles. The molecular weight excluding hydrogens is 1190 g/mol. The minimum atomic E-state index is -0.663. The van der Waals surface area contributed by atoms with Gasteiger partial charge >= 0.3 is 0 Å². The van der Waals surface area contributed by atoms with Crippen LogP contribution in [0.1, 0.15) is 45.9 Å². The predicted molar refractivity (Wildman–Crippen MR) is 362 cm³/mol. The van der Waals surface area contributed by atoms with Crippen molar-refractivity contribution in [2.45, 2.75) is 59.3 Å². The molecule has 14 heteroatoms. The van der Waals surface area contributed by atoms with E-state index in [4.69, 9.17) is 9.47 Å². The van der Waals surface area contributed by atoms with Crippen molar-refractivity contribution in [3.63, 3.8) is 0 Å². The number of aromatic nitrogens is 8. The molecule has 466 valence electrons. The standard InChI is InChI=1S/C23H21N2O2.C21H13F4N2.C21H17N2.C16H15N2/c1-26-18-9-7-16(8-10-18)14-24-21-5-3-4-6-22(21)25-15-17-13-19(27-2)11-12-20(17)23(24)25;22-14-6-5-12(16(24)8-14)10-26-18-3-1-2-4-19(18)27-11-13-7-15(23)9-17(25)20(13)21(26)27;1-2-8-16(9-3-1)14-22-19-12-6-7-13-20(19)23-15-17-10-4-5-11-18(17)21(22)23;1-2-17-14-9-5-6-10-15(14)18-11-12-7-3-4-8-13(12)16(17)18/h3-13H,14-15H2,1-2H3;1-9H,10-11H2;1-13H,14-15H2;3-10H,2,11H2,1H3/q4*+1. The number of benzene rings is 11. The average molecular weight is 1260 g/mol. The molecule has 8 heterocycles. The lowest BCUT2D eigenvalue weighted by atomic mass is 10.1. The third-order valence-electron chi connectivity index (χ3n) is 19.0. The van der Waals surface area contributed by atoms with Crippen LogP contribution in [0, 0.1) is 23.3 Å². The zero-order chi connectivity index (χ0) is 64.4.